The number of carbonyl (C=O) groups excluding carboxylic acids is 1. The molecule has 1 heterocycles. The smallest absolute Gasteiger partial charge is 0.235 e. The monoisotopic (exact) mass is 288 g/mol. The van der Waals surface area contributed by atoms with Gasteiger partial charge >= 0.3 is 0 Å². The molecule has 1 amide bonds. The zero-order valence-corrected chi connectivity index (χ0v) is 12.5. The number of carbonyl (C=O) groups is 1. The number of hydrogen-bond acceptors (Lipinski definition) is 4. The molecule has 0 radical (unpaired) electrons. The van der Waals surface area contributed by atoms with Gasteiger partial charge in [0.05, 0.1) is 18.5 Å². The normalized spacial score (nSPS) is 11.8. The summed E-state index contributed by atoms with van der Waals surface area (Å²) in [6.07, 6.45) is 1.69. The minimum Gasteiger partial charge on any atom is -0.355 e. The van der Waals surface area contributed by atoms with E-state index < -0.39 is 10.0 Å². The third kappa shape index (κ3) is 4.99. The molecular formula is C11H20N4O3S. The Morgan fingerprint density at radius 2 is 2.16 bits per heavy atom. The summed E-state index contributed by atoms with van der Waals surface area (Å²) < 4.78 is 25.1. The molecule has 1 aromatic heterocycles. The summed E-state index contributed by atoms with van der Waals surface area (Å²) in [5.41, 5.74) is 1.95. The van der Waals surface area contributed by atoms with Crippen LogP contribution in [0.4, 0.5) is 0 Å². The number of aryl methyl sites for hydroxylation is 2. The van der Waals surface area contributed by atoms with E-state index in [1.54, 1.807) is 4.68 Å². The van der Waals surface area contributed by atoms with Crippen molar-refractivity contribution in [1.82, 2.24) is 19.4 Å². The van der Waals surface area contributed by atoms with E-state index in [1.807, 2.05) is 20.0 Å². The van der Waals surface area contributed by atoms with Gasteiger partial charge in [0.15, 0.2) is 0 Å². The molecule has 0 aliphatic heterocycles. The van der Waals surface area contributed by atoms with Crippen LogP contribution in [-0.2, 0) is 28.3 Å². The van der Waals surface area contributed by atoms with Crippen LogP contribution in [0.5, 0.6) is 0 Å². The van der Waals surface area contributed by atoms with Crippen molar-refractivity contribution in [3.8, 4) is 0 Å². The molecule has 0 bridgehead atoms. The number of hydrogen-bond donors (Lipinski definition) is 1. The van der Waals surface area contributed by atoms with Gasteiger partial charge in [-0.2, -0.15) is 9.40 Å². The Bertz CT molecular complexity index is 531. The quantitative estimate of drug-likeness (QED) is 0.748. The van der Waals surface area contributed by atoms with Crippen LogP contribution in [0.3, 0.4) is 0 Å². The van der Waals surface area contributed by atoms with Gasteiger partial charge in [-0.1, -0.05) is 0 Å². The number of nitrogens with one attached hydrogen (secondary N) is 1. The Morgan fingerprint density at radius 1 is 1.53 bits per heavy atom. The maximum Gasteiger partial charge on any atom is 0.235 e. The molecule has 8 heteroatoms. The number of rotatable bonds is 6. The Morgan fingerprint density at radius 3 is 2.63 bits per heavy atom. The molecule has 0 spiro atoms. The third-order valence-corrected chi connectivity index (χ3v) is 4.06. The Labute approximate surface area is 113 Å². The lowest BCUT2D eigenvalue weighted by molar-refractivity contribution is -0.121. The summed E-state index contributed by atoms with van der Waals surface area (Å²) in [5.74, 6) is -0.319. The second-order valence-corrected chi connectivity index (χ2v) is 6.61. The van der Waals surface area contributed by atoms with E-state index in [-0.39, 0.29) is 12.5 Å². The minimum absolute atomic E-state index is 0.167. The van der Waals surface area contributed by atoms with Crippen molar-refractivity contribution in [3.05, 3.63) is 17.5 Å². The number of nitrogens with zero attached hydrogens (tertiary/aromatic N) is 3. The van der Waals surface area contributed by atoms with Crippen LogP contribution in [0, 0.1) is 6.92 Å². The molecule has 1 N–H and O–H groups in total. The predicted octanol–water partition coefficient (Wildman–Crippen LogP) is -0.721. The summed E-state index contributed by atoms with van der Waals surface area (Å²) in [4.78, 5) is 11.5. The van der Waals surface area contributed by atoms with Gasteiger partial charge in [0, 0.05) is 32.8 Å². The van der Waals surface area contributed by atoms with Crippen LogP contribution in [0.2, 0.25) is 0 Å². The lowest BCUT2D eigenvalue weighted by Crippen LogP contribution is -2.38. The van der Waals surface area contributed by atoms with Crippen molar-refractivity contribution in [2.45, 2.75) is 13.3 Å². The number of amides is 1. The zero-order valence-electron chi connectivity index (χ0n) is 11.7. The van der Waals surface area contributed by atoms with E-state index in [2.05, 4.69) is 10.4 Å². The molecule has 0 unspecified atom stereocenters. The van der Waals surface area contributed by atoms with Crippen LogP contribution >= 0.6 is 0 Å². The highest BCUT2D eigenvalue weighted by Crippen LogP contribution is 2.01. The van der Waals surface area contributed by atoms with Crippen LogP contribution in [-0.4, -0.2) is 54.8 Å². The van der Waals surface area contributed by atoms with Gasteiger partial charge in [0.25, 0.3) is 0 Å². The van der Waals surface area contributed by atoms with Gasteiger partial charge in [-0.05, 0) is 13.0 Å². The summed E-state index contributed by atoms with van der Waals surface area (Å²) in [7, 11) is -0.0889. The standard InChI is InChI=1S/C11H20N4O3S/c1-9-7-10(13-15(9)3)5-6-12-11(16)8-14(2)19(4,17)18/h7H,5-6,8H2,1-4H3,(H,12,16). The first-order chi connectivity index (χ1) is 8.70. The second-order valence-electron chi connectivity index (χ2n) is 4.52. The van der Waals surface area contributed by atoms with E-state index in [0.29, 0.717) is 13.0 Å². The van der Waals surface area contributed by atoms with Crippen LogP contribution in [0.15, 0.2) is 6.07 Å². The molecule has 1 rings (SSSR count). The van der Waals surface area contributed by atoms with Gasteiger partial charge in [-0.25, -0.2) is 8.42 Å². The molecule has 0 atom stereocenters. The SMILES string of the molecule is Cc1cc(CCNC(=O)CN(C)S(C)(=O)=O)nn1C. The average Bonchev–Trinajstić information content (AvgIpc) is 2.56. The fourth-order valence-electron chi connectivity index (χ4n) is 1.46. The van der Waals surface area contributed by atoms with Crippen molar-refractivity contribution in [3.63, 3.8) is 0 Å². The van der Waals surface area contributed by atoms with Gasteiger partial charge in [-0.3, -0.25) is 9.48 Å². The Kier molecular flexibility index (Phi) is 5.07. The highest BCUT2D eigenvalue weighted by molar-refractivity contribution is 7.88. The molecule has 108 valence electrons. The molecule has 0 fully saturated rings. The van der Waals surface area contributed by atoms with E-state index in [1.165, 1.54) is 7.05 Å². The van der Waals surface area contributed by atoms with Gasteiger partial charge in [0.1, 0.15) is 0 Å². The minimum atomic E-state index is -3.32. The molecule has 0 aliphatic carbocycles. The number of sulfonamides is 1. The second kappa shape index (κ2) is 6.16. The summed E-state index contributed by atoms with van der Waals surface area (Å²) >= 11 is 0. The summed E-state index contributed by atoms with van der Waals surface area (Å²) in [6.45, 7) is 2.23. The van der Waals surface area contributed by atoms with Crippen LogP contribution in [0.25, 0.3) is 0 Å². The summed E-state index contributed by atoms with van der Waals surface area (Å²) in [5, 5.41) is 6.93. The lowest BCUT2D eigenvalue weighted by atomic mass is 10.3. The zero-order chi connectivity index (χ0) is 14.6. The summed E-state index contributed by atoms with van der Waals surface area (Å²) in [6, 6.07) is 1.95. The van der Waals surface area contributed by atoms with E-state index in [0.717, 1.165) is 21.9 Å². The van der Waals surface area contributed by atoms with Gasteiger partial charge in [0.2, 0.25) is 15.9 Å². The molecule has 7 nitrogen and oxygen atoms in total. The highest BCUT2D eigenvalue weighted by atomic mass is 32.2. The molecule has 19 heavy (non-hydrogen) atoms. The van der Waals surface area contributed by atoms with Crippen molar-refractivity contribution in [2.75, 3.05) is 26.4 Å². The predicted molar refractivity (Wildman–Crippen MR) is 72.1 cm³/mol. The molecule has 1 aromatic rings. The van der Waals surface area contributed by atoms with E-state index in [4.69, 9.17) is 0 Å². The van der Waals surface area contributed by atoms with Crippen molar-refractivity contribution in [1.29, 1.82) is 0 Å². The third-order valence-electron chi connectivity index (χ3n) is 2.80. The van der Waals surface area contributed by atoms with Crippen molar-refractivity contribution in [2.24, 2.45) is 7.05 Å². The number of likely N-dealkylation sites (N-methyl/N-ethyl adjacent to an activating group) is 1. The molecule has 0 aliphatic rings. The Balaban J connectivity index is 2.35. The van der Waals surface area contributed by atoms with Crippen molar-refractivity contribution < 1.29 is 13.2 Å². The van der Waals surface area contributed by atoms with E-state index in [9.17, 15) is 13.2 Å². The lowest BCUT2D eigenvalue weighted by Gasteiger charge is -2.13. The maximum absolute atomic E-state index is 11.5. The average molecular weight is 288 g/mol. The Hall–Kier alpha value is -1.41. The van der Waals surface area contributed by atoms with Gasteiger partial charge < -0.3 is 5.32 Å². The fourth-order valence-corrected chi connectivity index (χ4v) is 1.81. The van der Waals surface area contributed by atoms with Gasteiger partial charge in [-0.15, -0.1) is 0 Å². The first-order valence-corrected chi connectivity index (χ1v) is 7.72. The van der Waals surface area contributed by atoms with Crippen LogP contribution in [0.1, 0.15) is 11.4 Å². The highest BCUT2D eigenvalue weighted by Gasteiger charge is 2.14. The first-order valence-electron chi connectivity index (χ1n) is 5.87. The van der Waals surface area contributed by atoms with Crippen molar-refractivity contribution >= 4 is 15.9 Å². The molecular weight excluding hydrogens is 268 g/mol. The number of aromatic nitrogens is 2. The van der Waals surface area contributed by atoms with E-state index >= 15 is 0 Å². The topological polar surface area (TPSA) is 84.3 Å². The fraction of sp³-hybridized carbons (Fsp3) is 0.636. The molecule has 0 aromatic carbocycles. The molecule has 0 saturated carbocycles. The van der Waals surface area contributed by atoms with Crippen LogP contribution < -0.4 is 5.32 Å². The molecule has 0 saturated heterocycles. The first kappa shape index (κ1) is 15.6. The maximum atomic E-state index is 11.5. The largest absolute Gasteiger partial charge is 0.355 e.